The van der Waals surface area contributed by atoms with Crippen molar-refractivity contribution in [3.63, 3.8) is 0 Å². The molecule has 0 amide bonds. The number of aryl methyl sites for hydroxylation is 2. The van der Waals surface area contributed by atoms with Gasteiger partial charge in [-0.3, -0.25) is 4.98 Å². The van der Waals surface area contributed by atoms with Crippen LogP contribution in [0.2, 0.25) is 0 Å². The smallest absolute Gasteiger partial charge is 0.0431 e. The zero-order valence-electron chi connectivity index (χ0n) is 9.13. The van der Waals surface area contributed by atoms with E-state index < -0.39 is 0 Å². The third kappa shape index (κ3) is 2.72. The van der Waals surface area contributed by atoms with Crippen molar-refractivity contribution in [3.05, 3.63) is 23.0 Å². The predicted octanol–water partition coefficient (Wildman–Crippen LogP) is 2.66. The van der Waals surface area contributed by atoms with Gasteiger partial charge in [0.1, 0.15) is 0 Å². The first-order valence-corrected chi connectivity index (χ1v) is 5.97. The third-order valence-corrected chi connectivity index (χ3v) is 3.37. The van der Waals surface area contributed by atoms with Gasteiger partial charge in [-0.25, -0.2) is 0 Å². The van der Waals surface area contributed by atoms with Gasteiger partial charge in [0.2, 0.25) is 0 Å². The molecule has 0 atom stereocenters. The van der Waals surface area contributed by atoms with Crippen LogP contribution in [0.25, 0.3) is 0 Å². The van der Waals surface area contributed by atoms with E-state index in [0.717, 1.165) is 17.1 Å². The van der Waals surface area contributed by atoms with Crippen LogP contribution in [0.4, 0.5) is 0 Å². The Labute approximate surface area is 90.3 Å². The Morgan fingerprint density at radius 1 is 1.43 bits per heavy atom. The van der Waals surface area contributed by atoms with Gasteiger partial charge < -0.3 is 5.73 Å². The number of hydrogen-bond donors (Lipinski definition) is 1. The molecule has 0 aliphatic carbocycles. The summed E-state index contributed by atoms with van der Waals surface area (Å²) >= 11 is 1.88. The molecule has 1 aromatic rings. The molecule has 2 N–H and O–H groups in total. The van der Waals surface area contributed by atoms with Gasteiger partial charge in [0.25, 0.3) is 0 Å². The third-order valence-electron chi connectivity index (χ3n) is 2.08. The monoisotopic (exact) mass is 210 g/mol. The van der Waals surface area contributed by atoms with Crippen molar-refractivity contribution in [1.29, 1.82) is 0 Å². The lowest BCUT2D eigenvalue weighted by Crippen LogP contribution is -2.04. The van der Waals surface area contributed by atoms with Crippen LogP contribution in [0.3, 0.4) is 0 Å². The van der Waals surface area contributed by atoms with E-state index in [-0.39, 0.29) is 0 Å². The van der Waals surface area contributed by atoms with Gasteiger partial charge in [0.05, 0.1) is 0 Å². The Hall–Kier alpha value is -0.540. The molecule has 78 valence electrons. The minimum Gasteiger partial charge on any atom is -0.326 e. The fourth-order valence-electron chi connectivity index (χ4n) is 1.41. The average molecular weight is 210 g/mol. The van der Waals surface area contributed by atoms with E-state index in [4.69, 9.17) is 5.73 Å². The molecule has 0 unspecified atom stereocenters. The molecule has 0 aromatic carbocycles. The van der Waals surface area contributed by atoms with E-state index in [9.17, 15) is 0 Å². The minimum atomic E-state index is 0.588. The molecule has 0 bridgehead atoms. The second-order valence-electron chi connectivity index (χ2n) is 3.38. The maximum Gasteiger partial charge on any atom is 0.0431 e. The van der Waals surface area contributed by atoms with Gasteiger partial charge in [0, 0.05) is 28.4 Å². The molecule has 0 saturated heterocycles. The van der Waals surface area contributed by atoms with E-state index in [1.807, 2.05) is 25.6 Å². The Morgan fingerprint density at radius 3 is 2.71 bits per heavy atom. The molecule has 0 radical (unpaired) electrons. The van der Waals surface area contributed by atoms with Gasteiger partial charge in [-0.2, -0.15) is 0 Å². The molecule has 1 rings (SSSR count). The van der Waals surface area contributed by atoms with Crippen LogP contribution < -0.4 is 5.73 Å². The fourth-order valence-corrected chi connectivity index (χ4v) is 2.49. The van der Waals surface area contributed by atoms with Gasteiger partial charge in [-0.15, -0.1) is 11.8 Å². The van der Waals surface area contributed by atoms with Gasteiger partial charge in [-0.1, -0.05) is 6.92 Å². The molecule has 0 spiro atoms. The van der Waals surface area contributed by atoms with Crippen molar-refractivity contribution in [1.82, 2.24) is 4.98 Å². The highest BCUT2D eigenvalue weighted by Crippen LogP contribution is 2.25. The summed E-state index contributed by atoms with van der Waals surface area (Å²) in [5.41, 5.74) is 9.08. The van der Waals surface area contributed by atoms with E-state index in [0.29, 0.717) is 6.54 Å². The van der Waals surface area contributed by atoms with Gasteiger partial charge in [0.15, 0.2) is 0 Å². The maximum absolute atomic E-state index is 5.72. The summed E-state index contributed by atoms with van der Waals surface area (Å²) < 4.78 is 0. The van der Waals surface area contributed by atoms with Crippen molar-refractivity contribution in [2.24, 2.45) is 5.73 Å². The summed E-state index contributed by atoms with van der Waals surface area (Å²) in [6.07, 6.45) is 1.19. The topological polar surface area (TPSA) is 38.9 Å². The second kappa shape index (κ2) is 5.37. The highest BCUT2D eigenvalue weighted by Gasteiger charge is 2.06. The van der Waals surface area contributed by atoms with E-state index in [2.05, 4.69) is 18.0 Å². The predicted molar refractivity (Wildman–Crippen MR) is 62.6 cm³/mol. The molecule has 1 heterocycles. The number of pyridine rings is 1. The first-order valence-electron chi connectivity index (χ1n) is 4.99. The van der Waals surface area contributed by atoms with Crippen molar-refractivity contribution in [3.8, 4) is 0 Å². The number of nitrogens with two attached hydrogens (primary N) is 1. The van der Waals surface area contributed by atoms with Crippen LogP contribution in [-0.4, -0.2) is 10.7 Å². The lowest BCUT2D eigenvalue weighted by molar-refractivity contribution is 0.943. The minimum absolute atomic E-state index is 0.588. The maximum atomic E-state index is 5.72. The number of hydrogen-bond acceptors (Lipinski definition) is 3. The molecule has 1 aromatic heterocycles. The van der Waals surface area contributed by atoms with Gasteiger partial charge in [-0.05, 0) is 32.1 Å². The highest BCUT2D eigenvalue weighted by molar-refractivity contribution is 7.99. The summed E-state index contributed by atoms with van der Waals surface area (Å²) in [7, 11) is 0. The molecule has 3 heteroatoms. The largest absolute Gasteiger partial charge is 0.326 e. The van der Waals surface area contributed by atoms with Crippen molar-refractivity contribution >= 4 is 11.8 Å². The number of nitrogens with zero attached hydrogens (tertiary/aromatic N) is 1. The van der Waals surface area contributed by atoms with Crippen LogP contribution in [0.15, 0.2) is 11.0 Å². The van der Waals surface area contributed by atoms with Crippen LogP contribution in [-0.2, 0) is 6.54 Å². The summed E-state index contributed by atoms with van der Waals surface area (Å²) in [4.78, 5) is 5.72. The number of aromatic nitrogens is 1. The Morgan fingerprint density at radius 2 is 2.14 bits per heavy atom. The van der Waals surface area contributed by atoms with Crippen LogP contribution >= 0.6 is 11.8 Å². The Kier molecular flexibility index (Phi) is 4.42. The first kappa shape index (κ1) is 11.5. The lowest BCUT2D eigenvalue weighted by Gasteiger charge is -2.10. The number of thioether (sulfide) groups is 1. The van der Waals surface area contributed by atoms with Crippen molar-refractivity contribution in [2.45, 2.75) is 38.6 Å². The quantitative estimate of drug-likeness (QED) is 0.777. The van der Waals surface area contributed by atoms with Gasteiger partial charge >= 0.3 is 0 Å². The Balaban J connectivity index is 2.99. The second-order valence-corrected chi connectivity index (χ2v) is 4.52. The van der Waals surface area contributed by atoms with Crippen LogP contribution in [0.1, 0.15) is 30.3 Å². The molecular weight excluding hydrogens is 192 g/mol. The Bertz CT molecular complexity index is 310. The molecular formula is C11H18N2S. The normalized spacial score (nSPS) is 10.6. The van der Waals surface area contributed by atoms with Crippen molar-refractivity contribution < 1.29 is 0 Å². The summed E-state index contributed by atoms with van der Waals surface area (Å²) in [5, 5.41) is 0. The standard InChI is InChI=1S/C11H18N2S/c1-4-5-14-11-6-8(2)13-9(3)10(11)7-12/h6H,4-5,7,12H2,1-3H3. The molecule has 14 heavy (non-hydrogen) atoms. The van der Waals surface area contributed by atoms with E-state index >= 15 is 0 Å². The van der Waals surface area contributed by atoms with Crippen LogP contribution in [0.5, 0.6) is 0 Å². The molecule has 2 nitrogen and oxygen atoms in total. The average Bonchev–Trinajstić information content (AvgIpc) is 2.14. The zero-order valence-corrected chi connectivity index (χ0v) is 9.95. The molecule has 0 saturated carbocycles. The van der Waals surface area contributed by atoms with E-state index in [1.54, 1.807) is 0 Å². The molecule has 0 aliphatic heterocycles. The van der Waals surface area contributed by atoms with Crippen molar-refractivity contribution in [2.75, 3.05) is 5.75 Å². The SMILES string of the molecule is CCCSc1cc(C)nc(C)c1CN. The fraction of sp³-hybridized carbons (Fsp3) is 0.545. The summed E-state index contributed by atoms with van der Waals surface area (Å²) in [5.74, 6) is 1.15. The van der Waals surface area contributed by atoms with E-state index in [1.165, 1.54) is 16.9 Å². The highest BCUT2D eigenvalue weighted by atomic mass is 32.2. The first-order chi connectivity index (χ1) is 6.69. The van der Waals surface area contributed by atoms with Crippen LogP contribution in [0, 0.1) is 13.8 Å². The summed E-state index contributed by atoms with van der Waals surface area (Å²) in [6, 6.07) is 2.13. The lowest BCUT2D eigenvalue weighted by atomic mass is 10.2. The molecule has 0 fully saturated rings. The molecule has 0 aliphatic rings. The zero-order chi connectivity index (χ0) is 10.6. The summed E-state index contributed by atoms with van der Waals surface area (Å²) in [6.45, 7) is 6.84. The number of rotatable bonds is 4.